The largest absolute Gasteiger partial charge is 0.487 e. The molecule has 0 aliphatic heterocycles. The Morgan fingerprint density at radius 3 is 2.23 bits per heavy atom. The quantitative estimate of drug-likeness (QED) is 0.372. The predicted octanol–water partition coefficient (Wildman–Crippen LogP) is 4.84. The molecule has 10 heteroatoms. The Hall–Kier alpha value is -2.88. The van der Waals surface area contributed by atoms with Crippen LogP contribution >= 0.6 is 11.6 Å². The van der Waals surface area contributed by atoms with Gasteiger partial charge in [-0.25, -0.2) is 4.68 Å². The molecular formula is C25H29ClN2O6S. The topological polar surface area (TPSA) is 96.7 Å². The first-order chi connectivity index (χ1) is 16.4. The highest BCUT2D eigenvalue weighted by atomic mass is 35.5. The molecule has 35 heavy (non-hydrogen) atoms. The molecule has 2 aromatic carbocycles. The molecule has 3 rings (SSSR count). The molecule has 8 nitrogen and oxygen atoms in total. The van der Waals surface area contributed by atoms with Crippen molar-refractivity contribution < 1.29 is 22.1 Å². The van der Waals surface area contributed by atoms with Gasteiger partial charge < -0.3 is 9.47 Å². The maximum atomic E-state index is 12.5. The highest BCUT2D eigenvalue weighted by Crippen LogP contribution is 2.28. The molecular weight excluding hydrogens is 492 g/mol. The summed E-state index contributed by atoms with van der Waals surface area (Å²) in [6, 6.07) is 12.2. The second kappa shape index (κ2) is 10.8. The van der Waals surface area contributed by atoms with Gasteiger partial charge in [0.15, 0.2) is 10.8 Å². The van der Waals surface area contributed by atoms with Gasteiger partial charge in [-0.3, -0.25) is 8.98 Å². The molecule has 0 saturated carbocycles. The Balaban J connectivity index is 1.73. The third kappa shape index (κ3) is 6.62. The maximum Gasteiger partial charge on any atom is 0.300 e. The Bertz CT molecular complexity index is 1360. The summed E-state index contributed by atoms with van der Waals surface area (Å²) in [6.45, 7) is 9.36. The number of nitrogens with zero attached hydrogens (tertiary/aromatic N) is 2. The monoisotopic (exact) mass is 520 g/mol. The van der Waals surface area contributed by atoms with E-state index in [1.807, 2.05) is 52.0 Å². The first kappa shape index (κ1) is 26.7. The van der Waals surface area contributed by atoms with Gasteiger partial charge in [0, 0.05) is 0 Å². The van der Waals surface area contributed by atoms with Crippen LogP contribution < -0.4 is 15.0 Å². The molecule has 0 aliphatic rings. The van der Waals surface area contributed by atoms with E-state index in [2.05, 4.69) is 5.10 Å². The minimum atomic E-state index is -3.92. The van der Waals surface area contributed by atoms with E-state index in [-0.39, 0.29) is 41.2 Å². The summed E-state index contributed by atoms with van der Waals surface area (Å²) in [5, 5.41) is 4.14. The van der Waals surface area contributed by atoms with E-state index in [0.717, 1.165) is 16.7 Å². The Morgan fingerprint density at radius 2 is 1.63 bits per heavy atom. The summed E-state index contributed by atoms with van der Waals surface area (Å²) in [5.74, 6) is 0.418. The van der Waals surface area contributed by atoms with E-state index in [4.69, 9.17) is 25.3 Å². The van der Waals surface area contributed by atoms with Gasteiger partial charge in [-0.15, -0.1) is 0 Å². The molecule has 0 aliphatic carbocycles. The number of halogens is 1. The van der Waals surface area contributed by atoms with Crippen LogP contribution in [0.3, 0.4) is 0 Å². The second-order valence-corrected chi connectivity index (χ2v) is 10.9. The number of hydrogen-bond donors (Lipinski definition) is 0. The van der Waals surface area contributed by atoms with Crippen LogP contribution in [0.25, 0.3) is 0 Å². The second-order valence-electron chi connectivity index (χ2n) is 8.92. The highest BCUT2D eigenvalue weighted by molar-refractivity contribution is 7.86. The smallest absolute Gasteiger partial charge is 0.300 e. The van der Waals surface area contributed by atoms with Crippen LogP contribution in [-0.4, -0.2) is 24.8 Å². The van der Waals surface area contributed by atoms with Gasteiger partial charge in [-0.2, -0.15) is 13.5 Å². The van der Waals surface area contributed by atoms with Gasteiger partial charge >= 0.3 is 10.1 Å². The molecule has 0 unspecified atom stereocenters. The lowest BCUT2D eigenvalue weighted by Crippen LogP contribution is -2.36. The molecule has 3 aromatic rings. The lowest BCUT2D eigenvalue weighted by Gasteiger charge is -2.21. The van der Waals surface area contributed by atoms with Crippen molar-refractivity contribution >= 4 is 21.7 Å². The standard InChI is InChI=1S/C25H29ClN2O6S/c1-6-34-35(30,31)22-11-10-17(2)12-20(22)32-15-18-8-7-9-19(13-18)16-33-21-14-27-28(25(3,4)5)24(29)23(21)26/h7-14H,6,15-16H2,1-5H3. The van der Waals surface area contributed by atoms with Gasteiger partial charge in [0.05, 0.1) is 18.3 Å². The number of ether oxygens (including phenoxy) is 2. The number of hydrogen-bond acceptors (Lipinski definition) is 7. The predicted molar refractivity (Wildman–Crippen MR) is 134 cm³/mol. The fourth-order valence-electron chi connectivity index (χ4n) is 3.28. The molecule has 0 saturated heterocycles. The van der Waals surface area contributed by atoms with Gasteiger partial charge in [0.25, 0.3) is 5.56 Å². The molecule has 1 aromatic heterocycles. The lowest BCUT2D eigenvalue weighted by molar-refractivity contribution is 0.287. The van der Waals surface area contributed by atoms with E-state index >= 15 is 0 Å². The van der Waals surface area contributed by atoms with Crippen molar-refractivity contribution in [3.8, 4) is 11.5 Å². The molecule has 0 spiro atoms. The van der Waals surface area contributed by atoms with Crippen molar-refractivity contribution in [2.24, 2.45) is 0 Å². The Labute approximate surface area is 210 Å². The van der Waals surface area contributed by atoms with Gasteiger partial charge in [-0.05, 0) is 69.5 Å². The number of benzene rings is 2. The average Bonchev–Trinajstić information content (AvgIpc) is 2.78. The summed E-state index contributed by atoms with van der Waals surface area (Å²) >= 11 is 6.23. The number of rotatable bonds is 9. The van der Waals surface area contributed by atoms with Crippen LogP contribution in [0.2, 0.25) is 5.02 Å². The van der Waals surface area contributed by atoms with E-state index in [1.54, 1.807) is 19.1 Å². The minimum absolute atomic E-state index is 0.0171. The lowest BCUT2D eigenvalue weighted by atomic mass is 10.1. The molecule has 1 heterocycles. The van der Waals surface area contributed by atoms with Crippen LogP contribution in [0.15, 0.2) is 58.4 Å². The Kier molecular flexibility index (Phi) is 8.25. The summed E-state index contributed by atoms with van der Waals surface area (Å²) in [6.07, 6.45) is 1.43. The first-order valence-electron chi connectivity index (χ1n) is 11.0. The molecule has 0 amide bonds. The van der Waals surface area contributed by atoms with E-state index in [1.165, 1.54) is 16.9 Å². The summed E-state index contributed by atoms with van der Waals surface area (Å²) in [5.41, 5.74) is 1.55. The fraction of sp³-hybridized carbons (Fsp3) is 0.360. The van der Waals surface area contributed by atoms with Gasteiger partial charge in [-0.1, -0.05) is 35.9 Å². The summed E-state index contributed by atoms with van der Waals surface area (Å²) < 4.78 is 42.7. The van der Waals surface area contributed by atoms with Crippen LogP contribution in [0.5, 0.6) is 11.5 Å². The van der Waals surface area contributed by atoms with Crippen molar-refractivity contribution in [1.29, 1.82) is 0 Å². The normalized spacial score (nSPS) is 11.9. The number of aryl methyl sites for hydroxylation is 1. The number of aromatic nitrogens is 2. The SMILES string of the molecule is CCOS(=O)(=O)c1ccc(C)cc1OCc1cccc(COc2cnn(C(C)(C)C)c(=O)c2Cl)c1. The molecule has 188 valence electrons. The Morgan fingerprint density at radius 1 is 1.00 bits per heavy atom. The van der Waals surface area contributed by atoms with Crippen molar-refractivity contribution in [2.45, 2.75) is 58.3 Å². The minimum Gasteiger partial charge on any atom is -0.487 e. The fourth-order valence-corrected chi connectivity index (χ4v) is 4.50. The maximum absolute atomic E-state index is 12.5. The van der Waals surface area contributed by atoms with Crippen LogP contribution in [0.1, 0.15) is 44.4 Å². The molecule has 0 atom stereocenters. The first-order valence-corrected chi connectivity index (χ1v) is 12.8. The summed E-state index contributed by atoms with van der Waals surface area (Å²) in [7, 11) is -3.92. The molecule has 0 fully saturated rings. The van der Waals surface area contributed by atoms with Gasteiger partial charge in [0.2, 0.25) is 0 Å². The third-order valence-electron chi connectivity index (χ3n) is 4.94. The molecule has 0 radical (unpaired) electrons. The van der Waals surface area contributed by atoms with Crippen molar-refractivity contribution in [1.82, 2.24) is 9.78 Å². The van der Waals surface area contributed by atoms with E-state index < -0.39 is 21.2 Å². The zero-order chi connectivity index (χ0) is 25.8. The van der Waals surface area contributed by atoms with Crippen LogP contribution in [-0.2, 0) is 33.1 Å². The molecule has 0 N–H and O–H groups in total. The third-order valence-corrected chi connectivity index (χ3v) is 6.71. The van der Waals surface area contributed by atoms with E-state index in [0.29, 0.717) is 0 Å². The van der Waals surface area contributed by atoms with Crippen molar-refractivity contribution in [3.05, 3.63) is 80.7 Å². The zero-order valence-electron chi connectivity index (χ0n) is 20.4. The van der Waals surface area contributed by atoms with Crippen LogP contribution in [0.4, 0.5) is 0 Å². The van der Waals surface area contributed by atoms with Gasteiger partial charge in [0.1, 0.15) is 23.9 Å². The molecule has 0 bridgehead atoms. The summed E-state index contributed by atoms with van der Waals surface area (Å²) in [4.78, 5) is 12.5. The zero-order valence-corrected chi connectivity index (χ0v) is 21.9. The van der Waals surface area contributed by atoms with Crippen LogP contribution in [0, 0.1) is 6.92 Å². The van der Waals surface area contributed by atoms with Crippen molar-refractivity contribution in [3.63, 3.8) is 0 Å². The highest BCUT2D eigenvalue weighted by Gasteiger charge is 2.21. The van der Waals surface area contributed by atoms with Crippen molar-refractivity contribution in [2.75, 3.05) is 6.61 Å². The average molecular weight is 521 g/mol. The van der Waals surface area contributed by atoms with E-state index in [9.17, 15) is 13.2 Å².